The van der Waals surface area contributed by atoms with Gasteiger partial charge in [-0.2, -0.15) is 0 Å². The fourth-order valence-corrected chi connectivity index (χ4v) is 2.52. The van der Waals surface area contributed by atoms with Crippen LogP contribution in [0.1, 0.15) is 19.3 Å². The van der Waals surface area contributed by atoms with Gasteiger partial charge in [-0.05, 0) is 44.1 Å². The number of piperidine rings is 1. The highest BCUT2D eigenvalue weighted by atomic mass is 35.5. The summed E-state index contributed by atoms with van der Waals surface area (Å²) in [6.45, 7) is 4.44. The predicted octanol–water partition coefficient (Wildman–Crippen LogP) is 3.89. The maximum Gasteiger partial charge on any atom is 0.0638 e. The zero-order valence-corrected chi connectivity index (χ0v) is 11.4. The molecule has 94 valence electrons. The lowest BCUT2D eigenvalue weighted by Gasteiger charge is -2.26. The number of anilines is 1. The van der Waals surface area contributed by atoms with Gasteiger partial charge >= 0.3 is 0 Å². The molecule has 1 heterocycles. The molecule has 1 saturated heterocycles. The first-order chi connectivity index (χ1) is 8.25. The van der Waals surface area contributed by atoms with E-state index in [2.05, 4.69) is 10.2 Å². The minimum Gasteiger partial charge on any atom is -0.383 e. The Bertz CT molecular complexity index is 362. The summed E-state index contributed by atoms with van der Waals surface area (Å²) in [7, 11) is 0. The molecule has 1 aliphatic rings. The maximum absolute atomic E-state index is 6.08. The van der Waals surface area contributed by atoms with Crippen LogP contribution in [0.3, 0.4) is 0 Å². The Labute approximate surface area is 113 Å². The fourth-order valence-electron chi connectivity index (χ4n) is 2.16. The summed E-state index contributed by atoms with van der Waals surface area (Å²) in [5.74, 6) is 0. The number of likely N-dealkylation sites (tertiary alicyclic amines) is 1. The van der Waals surface area contributed by atoms with Gasteiger partial charge in [0.1, 0.15) is 0 Å². The molecule has 0 bridgehead atoms. The Kier molecular flexibility index (Phi) is 4.96. The monoisotopic (exact) mass is 272 g/mol. The van der Waals surface area contributed by atoms with Crippen LogP contribution in [0, 0.1) is 0 Å². The second kappa shape index (κ2) is 6.48. The minimum atomic E-state index is 0.717. The van der Waals surface area contributed by atoms with Gasteiger partial charge in [0.25, 0.3) is 0 Å². The molecule has 0 atom stereocenters. The first-order valence-electron chi connectivity index (χ1n) is 6.17. The van der Waals surface area contributed by atoms with Crippen molar-refractivity contribution in [2.45, 2.75) is 19.3 Å². The maximum atomic E-state index is 6.08. The van der Waals surface area contributed by atoms with Crippen molar-refractivity contribution in [1.29, 1.82) is 0 Å². The molecule has 4 heteroatoms. The summed E-state index contributed by atoms with van der Waals surface area (Å²) < 4.78 is 0. The molecule has 1 aromatic carbocycles. The molecule has 1 N–H and O–H groups in total. The summed E-state index contributed by atoms with van der Waals surface area (Å²) in [6, 6.07) is 5.51. The average Bonchev–Trinajstić information content (AvgIpc) is 2.35. The third-order valence-corrected chi connectivity index (χ3v) is 3.69. The second-order valence-corrected chi connectivity index (χ2v) is 5.30. The van der Waals surface area contributed by atoms with Gasteiger partial charge < -0.3 is 10.2 Å². The molecule has 1 fully saturated rings. The number of nitrogens with one attached hydrogen (secondary N) is 1. The normalized spacial score (nSPS) is 17.1. The number of hydrogen-bond acceptors (Lipinski definition) is 2. The summed E-state index contributed by atoms with van der Waals surface area (Å²) in [5.41, 5.74) is 0.927. The van der Waals surface area contributed by atoms with E-state index in [0.29, 0.717) is 0 Å². The quantitative estimate of drug-likeness (QED) is 0.895. The first kappa shape index (κ1) is 13.0. The van der Waals surface area contributed by atoms with Crippen LogP contribution in [-0.2, 0) is 0 Å². The average molecular weight is 273 g/mol. The van der Waals surface area contributed by atoms with Gasteiger partial charge in [0, 0.05) is 18.1 Å². The molecule has 0 aromatic heterocycles. The molecular formula is C13H18Cl2N2. The SMILES string of the molecule is Clc1ccc(Cl)c(NCCN2CCCCC2)c1. The molecule has 0 aliphatic carbocycles. The van der Waals surface area contributed by atoms with Crippen LogP contribution in [0.25, 0.3) is 0 Å². The van der Waals surface area contributed by atoms with E-state index in [4.69, 9.17) is 23.2 Å². The highest BCUT2D eigenvalue weighted by Gasteiger charge is 2.09. The molecule has 0 saturated carbocycles. The minimum absolute atomic E-state index is 0.717. The van der Waals surface area contributed by atoms with Crippen LogP contribution < -0.4 is 5.32 Å². The summed E-state index contributed by atoms with van der Waals surface area (Å²) in [6.07, 6.45) is 4.04. The van der Waals surface area contributed by atoms with Crippen molar-refractivity contribution in [3.05, 3.63) is 28.2 Å². The molecular weight excluding hydrogens is 255 g/mol. The van der Waals surface area contributed by atoms with E-state index < -0.39 is 0 Å². The van der Waals surface area contributed by atoms with Crippen molar-refractivity contribution in [1.82, 2.24) is 4.90 Å². The van der Waals surface area contributed by atoms with Gasteiger partial charge in [0.05, 0.1) is 10.7 Å². The summed E-state index contributed by atoms with van der Waals surface area (Å²) in [5, 5.41) is 4.79. The molecule has 0 unspecified atom stereocenters. The van der Waals surface area contributed by atoms with E-state index in [-0.39, 0.29) is 0 Å². The lowest BCUT2D eigenvalue weighted by Crippen LogP contribution is -2.33. The fraction of sp³-hybridized carbons (Fsp3) is 0.538. The Morgan fingerprint density at radius 1 is 1.12 bits per heavy atom. The number of rotatable bonds is 4. The third-order valence-electron chi connectivity index (χ3n) is 3.12. The molecule has 2 nitrogen and oxygen atoms in total. The Hall–Kier alpha value is -0.440. The number of nitrogens with zero attached hydrogens (tertiary/aromatic N) is 1. The topological polar surface area (TPSA) is 15.3 Å². The van der Waals surface area contributed by atoms with Crippen molar-refractivity contribution < 1.29 is 0 Å². The second-order valence-electron chi connectivity index (χ2n) is 4.45. The van der Waals surface area contributed by atoms with Crippen molar-refractivity contribution >= 4 is 28.9 Å². The summed E-state index contributed by atoms with van der Waals surface area (Å²) in [4.78, 5) is 2.49. The van der Waals surface area contributed by atoms with Crippen LogP contribution in [-0.4, -0.2) is 31.1 Å². The predicted molar refractivity (Wildman–Crippen MR) is 75.2 cm³/mol. The van der Waals surface area contributed by atoms with E-state index in [1.54, 1.807) is 6.07 Å². The van der Waals surface area contributed by atoms with Crippen molar-refractivity contribution in [3.8, 4) is 0 Å². The zero-order valence-electron chi connectivity index (χ0n) is 9.88. The van der Waals surface area contributed by atoms with Gasteiger partial charge in [-0.3, -0.25) is 0 Å². The van der Waals surface area contributed by atoms with E-state index in [0.717, 1.165) is 28.8 Å². The van der Waals surface area contributed by atoms with E-state index in [1.807, 2.05) is 12.1 Å². The standard InChI is InChI=1S/C13H18Cl2N2/c14-11-4-5-12(15)13(10-11)16-6-9-17-7-2-1-3-8-17/h4-5,10,16H,1-3,6-9H2. The molecule has 1 aromatic rings. The highest BCUT2D eigenvalue weighted by molar-refractivity contribution is 6.35. The molecule has 0 amide bonds. The number of halogens is 2. The van der Waals surface area contributed by atoms with Crippen LogP contribution in [0.4, 0.5) is 5.69 Å². The van der Waals surface area contributed by atoms with Crippen molar-refractivity contribution in [2.75, 3.05) is 31.5 Å². The van der Waals surface area contributed by atoms with Crippen LogP contribution in [0.15, 0.2) is 18.2 Å². The van der Waals surface area contributed by atoms with Crippen LogP contribution in [0.5, 0.6) is 0 Å². The smallest absolute Gasteiger partial charge is 0.0638 e. The largest absolute Gasteiger partial charge is 0.383 e. The van der Waals surface area contributed by atoms with Gasteiger partial charge in [0.2, 0.25) is 0 Å². The summed E-state index contributed by atoms with van der Waals surface area (Å²) >= 11 is 12.0. The Morgan fingerprint density at radius 2 is 1.88 bits per heavy atom. The van der Waals surface area contributed by atoms with E-state index in [9.17, 15) is 0 Å². The van der Waals surface area contributed by atoms with Gasteiger partial charge in [-0.15, -0.1) is 0 Å². The van der Waals surface area contributed by atoms with Crippen molar-refractivity contribution in [3.63, 3.8) is 0 Å². The Balaban J connectivity index is 1.79. The van der Waals surface area contributed by atoms with Crippen LogP contribution >= 0.6 is 23.2 Å². The molecule has 2 rings (SSSR count). The molecule has 1 aliphatic heterocycles. The molecule has 0 radical (unpaired) electrons. The molecule has 0 spiro atoms. The number of benzene rings is 1. The van der Waals surface area contributed by atoms with Crippen molar-refractivity contribution in [2.24, 2.45) is 0 Å². The Morgan fingerprint density at radius 3 is 2.65 bits per heavy atom. The van der Waals surface area contributed by atoms with Gasteiger partial charge in [-0.25, -0.2) is 0 Å². The van der Waals surface area contributed by atoms with Crippen LogP contribution in [0.2, 0.25) is 10.0 Å². The van der Waals surface area contributed by atoms with E-state index in [1.165, 1.54) is 32.4 Å². The van der Waals surface area contributed by atoms with Gasteiger partial charge in [-0.1, -0.05) is 29.6 Å². The highest BCUT2D eigenvalue weighted by Crippen LogP contribution is 2.25. The molecule has 17 heavy (non-hydrogen) atoms. The lowest BCUT2D eigenvalue weighted by atomic mass is 10.1. The lowest BCUT2D eigenvalue weighted by molar-refractivity contribution is 0.237. The van der Waals surface area contributed by atoms with Gasteiger partial charge in [0.15, 0.2) is 0 Å². The zero-order chi connectivity index (χ0) is 12.1. The first-order valence-corrected chi connectivity index (χ1v) is 6.92. The number of hydrogen-bond donors (Lipinski definition) is 1. The third kappa shape index (κ3) is 4.06. The van der Waals surface area contributed by atoms with E-state index >= 15 is 0 Å².